The van der Waals surface area contributed by atoms with Gasteiger partial charge >= 0.3 is 0 Å². The second-order valence-electron chi connectivity index (χ2n) is 4.86. The van der Waals surface area contributed by atoms with Gasteiger partial charge in [-0.2, -0.15) is 0 Å². The molecule has 3 heteroatoms. The van der Waals surface area contributed by atoms with Gasteiger partial charge in [-0.25, -0.2) is 0 Å². The molecular formula is C15H24N2O. The molecule has 100 valence electrons. The molecule has 1 amide bonds. The number of hydrogen-bond donors (Lipinski definition) is 1. The zero-order chi connectivity index (χ0) is 13.4. The highest BCUT2D eigenvalue weighted by atomic mass is 16.2. The van der Waals surface area contributed by atoms with E-state index in [0.717, 1.165) is 24.9 Å². The van der Waals surface area contributed by atoms with Crippen LogP contribution in [0.4, 0.5) is 0 Å². The average Bonchev–Trinajstić information content (AvgIpc) is 2.34. The zero-order valence-corrected chi connectivity index (χ0v) is 11.7. The van der Waals surface area contributed by atoms with Crippen LogP contribution >= 0.6 is 0 Å². The van der Waals surface area contributed by atoms with Crippen molar-refractivity contribution in [1.82, 2.24) is 10.2 Å². The Morgan fingerprint density at radius 2 is 2.17 bits per heavy atom. The summed E-state index contributed by atoms with van der Waals surface area (Å²) in [6.45, 7) is 6.29. The number of carbonyl (C=O) groups excluding carboxylic acids is 1. The Bertz CT molecular complexity index is 377. The lowest BCUT2D eigenvalue weighted by Gasteiger charge is -2.15. The Kier molecular flexibility index (Phi) is 6.44. The zero-order valence-electron chi connectivity index (χ0n) is 11.7. The van der Waals surface area contributed by atoms with Crippen LogP contribution in [0.2, 0.25) is 0 Å². The fourth-order valence-corrected chi connectivity index (χ4v) is 1.83. The highest BCUT2D eigenvalue weighted by Crippen LogP contribution is 2.03. The fourth-order valence-electron chi connectivity index (χ4n) is 1.83. The minimum atomic E-state index is 0.0927. The van der Waals surface area contributed by atoms with Crippen molar-refractivity contribution >= 4 is 5.91 Å². The third-order valence-electron chi connectivity index (χ3n) is 2.88. The van der Waals surface area contributed by atoms with E-state index in [1.165, 1.54) is 5.56 Å². The van der Waals surface area contributed by atoms with Crippen LogP contribution in [0.5, 0.6) is 0 Å². The molecule has 1 N–H and O–H groups in total. The smallest absolute Gasteiger partial charge is 0.234 e. The summed E-state index contributed by atoms with van der Waals surface area (Å²) in [5.41, 5.74) is 2.38. The van der Waals surface area contributed by atoms with Crippen LogP contribution in [0.15, 0.2) is 24.3 Å². The predicted octanol–water partition coefficient (Wildman–Crippen LogP) is 2.34. The summed E-state index contributed by atoms with van der Waals surface area (Å²) >= 11 is 0. The SMILES string of the molecule is CCCCN(C)CC(=O)NCc1cccc(C)c1. The van der Waals surface area contributed by atoms with Crippen LogP contribution in [-0.2, 0) is 11.3 Å². The lowest BCUT2D eigenvalue weighted by Crippen LogP contribution is -2.35. The molecule has 0 saturated carbocycles. The van der Waals surface area contributed by atoms with Crippen molar-refractivity contribution in [3.8, 4) is 0 Å². The average molecular weight is 248 g/mol. The Morgan fingerprint density at radius 3 is 2.83 bits per heavy atom. The third kappa shape index (κ3) is 5.82. The molecule has 1 rings (SSSR count). The van der Waals surface area contributed by atoms with Crippen LogP contribution in [0.3, 0.4) is 0 Å². The van der Waals surface area contributed by atoms with E-state index in [1.807, 2.05) is 19.2 Å². The number of likely N-dealkylation sites (N-methyl/N-ethyl adjacent to an activating group) is 1. The Hall–Kier alpha value is -1.35. The van der Waals surface area contributed by atoms with Crippen molar-refractivity contribution in [2.75, 3.05) is 20.1 Å². The number of nitrogens with zero attached hydrogens (tertiary/aromatic N) is 1. The summed E-state index contributed by atoms with van der Waals surface area (Å²) in [6, 6.07) is 8.21. The van der Waals surface area contributed by atoms with E-state index in [9.17, 15) is 4.79 Å². The Labute approximate surface area is 110 Å². The van der Waals surface area contributed by atoms with Crippen molar-refractivity contribution in [1.29, 1.82) is 0 Å². The monoisotopic (exact) mass is 248 g/mol. The first-order valence-electron chi connectivity index (χ1n) is 6.62. The quantitative estimate of drug-likeness (QED) is 0.803. The van der Waals surface area contributed by atoms with E-state index in [-0.39, 0.29) is 5.91 Å². The van der Waals surface area contributed by atoms with E-state index in [1.54, 1.807) is 0 Å². The number of hydrogen-bond acceptors (Lipinski definition) is 2. The third-order valence-corrected chi connectivity index (χ3v) is 2.88. The highest BCUT2D eigenvalue weighted by Gasteiger charge is 2.05. The van der Waals surface area contributed by atoms with Gasteiger partial charge in [0.25, 0.3) is 0 Å². The van der Waals surface area contributed by atoms with Crippen LogP contribution in [0.25, 0.3) is 0 Å². The van der Waals surface area contributed by atoms with Gasteiger partial charge in [-0.05, 0) is 32.5 Å². The first-order valence-corrected chi connectivity index (χ1v) is 6.62. The van der Waals surface area contributed by atoms with Crippen molar-refractivity contribution in [2.24, 2.45) is 0 Å². The predicted molar refractivity (Wildman–Crippen MR) is 75.4 cm³/mol. The van der Waals surface area contributed by atoms with Gasteiger partial charge in [-0.15, -0.1) is 0 Å². The number of amides is 1. The van der Waals surface area contributed by atoms with Gasteiger partial charge in [0, 0.05) is 6.54 Å². The number of nitrogens with one attached hydrogen (secondary N) is 1. The van der Waals surface area contributed by atoms with Gasteiger partial charge in [0.1, 0.15) is 0 Å². The summed E-state index contributed by atoms with van der Waals surface area (Å²) in [4.78, 5) is 13.8. The van der Waals surface area contributed by atoms with Crippen molar-refractivity contribution in [3.05, 3.63) is 35.4 Å². The summed E-state index contributed by atoms with van der Waals surface area (Å²) in [6.07, 6.45) is 2.30. The first kappa shape index (κ1) is 14.7. The van der Waals surface area contributed by atoms with Crippen LogP contribution in [0, 0.1) is 6.92 Å². The second-order valence-corrected chi connectivity index (χ2v) is 4.86. The second kappa shape index (κ2) is 7.88. The maximum atomic E-state index is 11.7. The molecule has 0 bridgehead atoms. The Morgan fingerprint density at radius 1 is 1.39 bits per heavy atom. The number of benzene rings is 1. The van der Waals surface area contributed by atoms with Crippen LogP contribution < -0.4 is 5.32 Å². The van der Waals surface area contributed by atoms with Gasteiger partial charge in [0.2, 0.25) is 5.91 Å². The van der Waals surface area contributed by atoms with Gasteiger partial charge in [-0.3, -0.25) is 9.69 Å². The van der Waals surface area contributed by atoms with Crippen molar-refractivity contribution < 1.29 is 4.79 Å². The lowest BCUT2D eigenvalue weighted by atomic mass is 10.1. The molecule has 1 aromatic rings. The molecule has 0 unspecified atom stereocenters. The van der Waals surface area contributed by atoms with E-state index < -0.39 is 0 Å². The molecule has 0 aliphatic rings. The van der Waals surface area contributed by atoms with Gasteiger partial charge in [0.15, 0.2) is 0 Å². The van der Waals surface area contributed by atoms with E-state index in [0.29, 0.717) is 13.1 Å². The number of carbonyl (C=O) groups is 1. The number of rotatable bonds is 7. The molecule has 0 aromatic heterocycles. The van der Waals surface area contributed by atoms with E-state index >= 15 is 0 Å². The largest absolute Gasteiger partial charge is 0.351 e. The molecular weight excluding hydrogens is 224 g/mol. The van der Waals surface area contributed by atoms with E-state index in [4.69, 9.17) is 0 Å². The van der Waals surface area contributed by atoms with Gasteiger partial charge in [0.05, 0.1) is 6.54 Å². The number of aryl methyl sites for hydroxylation is 1. The molecule has 0 heterocycles. The normalized spacial score (nSPS) is 10.7. The first-order chi connectivity index (χ1) is 8.61. The maximum absolute atomic E-state index is 11.7. The molecule has 0 aliphatic heterocycles. The summed E-state index contributed by atoms with van der Waals surface area (Å²) in [5, 5.41) is 2.95. The molecule has 0 fully saturated rings. The van der Waals surface area contributed by atoms with Crippen LogP contribution in [-0.4, -0.2) is 30.9 Å². The molecule has 0 atom stereocenters. The summed E-state index contributed by atoms with van der Waals surface area (Å²) in [5.74, 6) is 0.0927. The summed E-state index contributed by atoms with van der Waals surface area (Å²) in [7, 11) is 1.99. The lowest BCUT2D eigenvalue weighted by molar-refractivity contribution is -0.122. The van der Waals surface area contributed by atoms with Crippen molar-refractivity contribution in [3.63, 3.8) is 0 Å². The molecule has 18 heavy (non-hydrogen) atoms. The van der Waals surface area contributed by atoms with E-state index in [2.05, 4.69) is 36.2 Å². The molecule has 3 nitrogen and oxygen atoms in total. The molecule has 0 saturated heterocycles. The van der Waals surface area contributed by atoms with Crippen LogP contribution in [0.1, 0.15) is 30.9 Å². The standard InChI is InChI=1S/C15H24N2O/c1-4-5-9-17(3)12-15(18)16-11-14-8-6-7-13(2)10-14/h6-8,10H,4-5,9,11-12H2,1-3H3,(H,16,18). The Balaban J connectivity index is 2.28. The maximum Gasteiger partial charge on any atom is 0.234 e. The highest BCUT2D eigenvalue weighted by molar-refractivity contribution is 5.77. The molecule has 0 spiro atoms. The minimum absolute atomic E-state index is 0.0927. The van der Waals surface area contributed by atoms with Crippen molar-refractivity contribution in [2.45, 2.75) is 33.2 Å². The van der Waals surface area contributed by atoms with Gasteiger partial charge in [-0.1, -0.05) is 43.2 Å². The summed E-state index contributed by atoms with van der Waals surface area (Å²) < 4.78 is 0. The topological polar surface area (TPSA) is 32.3 Å². The minimum Gasteiger partial charge on any atom is -0.351 e. The van der Waals surface area contributed by atoms with Gasteiger partial charge < -0.3 is 5.32 Å². The molecule has 1 aromatic carbocycles. The fraction of sp³-hybridized carbons (Fsp3) is 0.533. The molecule has 0 aliphatic carbocycles. The number of unbranched alkanes of at least 4 members (excludes halogenated alkanes) is 1. The molecule has 0 radical (unpaired) electrons.